The molecule has 4 rings (SSSR count). The van der Waals surface area contributed by atoms with Crippen LogP contribution in [0.2, 0.25) is 0 Å². The normalized spacial score (nSPS) is 22.6. The summed E-state index contributed by atoms with van der Waals surface area (Å²) in [6.45, 7) is 4.15. The van der Waals surface area contributed by atoms with Gasteiger partial charge in [-0.1, -0.05) is 25.3 Å². The molecule has 2 bridgehead atoms. The first-order valence-corrected chi connectivity index (χ1v) is 14.4. The standard InChI is InChI=1S/C24H35BrN4O3S/c1-27-11-6-16-33(31,32)26-24(30)19-9-10-20-21(17-19)29(15-14-28(2)13-12-27)23(25)22(20)18-7-4-3-5-8-18/h9-10,17-18H,3-8,11-16H2,1-2H3,(H,26,30). The highest BCUT2D eigenvalue weighted by atomic mass is 79.9. The molecular weight excluding hydrogens is 504 g/mol. The van der Waals surface area contributed by atoms with Gasteiger partial charge in [0.25, 0.3) is 5.91 Å². The lowest BCUT2D eigenvalue weighted by molar-refractivity contribution is 0.0981. The Bertz CT molecular complexity index is 1110. The number of aromatic nitrogens is 1. The number of carbonyl (C=O) groups excluding carboxylic acids is 1. The van der Waals surface area contributed by atoms with E-state index in [1.165, 1.54) is 37.7 Å². The number of halogens is 1. The van der Waals surface area contributed by atoms with Crippen LogP contribution in [-0.2, 0) is 16.6 Å². The summed E-state index contributed by atoms with van der Waals surface area (Å²) in [4.78, 5) is 17.3. The fourth-order valence-electron chi connectivity index (χ4n) is 5.10. The topological polar surface area (TPSA) is 74.6 Å². The molecule has 2 aromatic rings. The molecule has 1 aliphatic carbocycles. The summed E-state index contributed by atoms with van der Waals surface area (Å²) in [5, 5.41) is 1.16. The Kier molecular flexibility index (Phi) is 7.83. The Balaban J connectivity index is 1.75. The van der Waals surface area contributed by atoms with Crippen LogP contribution in [0.5, 0.6) is 0 Å². The van der Waals surface area contributed by atoms with E-state index in [9.17, 15) is 13.2 Å². The van der Waals surface area contributed by atoms with Crippen molar-refractivity contribution < 1.29 is 13.2 Å². The van der Waals surface area contributed by atoms with Gasteiger partial charge in [0, 0.05) is 37.1 Å². The first-order chi connectivity index (χ1) is 15.7. The van der Waals surface area contributed by atoms with E-state index in [1.54, 1.807) is 6.07 Å². The van der Waals surface area contributed by atoms with E-state index in [2.05, 4.69) is 42.1 Å². The number of nitrogens with one attached hydrogen (secondary N) is 1. The summed E-state index contributed by atoms with van der Waals surface area (Å²) in [5.41, 5.74) is 2.71. The SMILES string of the molecule is CN1CCCS(=O)(=O)NC(=O)c2ccc3c(C4CCCCC4)c(Br)n(c3c2)CCN(C)CC1. The Morgan fingerprint density at radius 1 is 0.939 bits per heavy atom. The fourth-order valence-corrected chi connectivity index (χ4v) is 7.01. The number of sulfonamides is 1. The highest BCUT2D eigenvalue weighted by Crippen LogP contribution is 2.42. The summed E-state index contributed by atoms with van der Waals surface area (Å²) < 4.78 is 30.6. The van der Waals surface area contributed by atoms with E-state index in [0.717, 1.165) is 41.7 Å². The number of carbonyl (C=O) groups is 1. The molecule has 0 spiro atoms. The van der Waals surface area contributed by atoms with Crippen molar-refractivity contribution in [2.45, 2.75) is 51.0 Å². The van der Waals surface area contributed by atoms with Crippen molar-refractivity contribution in [3.8, 4) is 0 Å². The van der Waals surface area contributed by atoms with E-state index >= 15 is 0 Å². The van der Waals surface area contributed by atoms with Crippen molar-refractivity contribution in [3.63, 3.8) is 0 Å². The Morgan fingerprint density at radius 3 is 2.33 bits per heavy atom. The average molecular weight is 540 g/mol. The molecule has 182 valence electrons. The van der Waals surface area contributed by atoms with Gasteiger partial charge in [-0.05, 0) is 79.4 Å². The van der Waals surface area contributed by atoms with Crippen molar-refractivity contribution in [1.82, 2.24) is 19.1 Å². The number of hydrogen-bond donors (Lipinski definition) is 1. The van der Waals surface area contributed by atoms with Gasteiger partial charge in [0.05, 0.1) is 15.9 Å². The predicted molar refractivity (Wildman–Crippen MR) is 136 cm³/mol. The number of benzene rings is 1. The first-order valence-electron chi connectivity index (χ1n) is 12.0. The third kappa shape index (κ3) is 5.81. The molecule has 2 heterocycles. The van der Waals surface area contributed by atoms with Gasteiger partial charge >= 0.3 is 0 Å². The zero-order chi connectivity index (χ0) is 23.6. The molecule has 1 amide bonds. The molecule has 1 saturated carbocycles. The van der Waals surface area contributed by atoms with Crippen LogP contribution in [0.1, 0.15) is 60.4 Å². The van der Waals surface area contributed by atoms with Crippen LogP contribution in [0.4, 0.5) is 0 Å². The molecule has 0 unspecified atom stereocenters. The second-order valence-electron chi connectivity index (χ2n) is 9.63. The Morgan fingerprint density at radius 2 is 1.61 bits per heavy atom. The second kappa shape index (κ2) is 10.5. The van der Waals surface area contributed by atoms with Crippen molar-refractivity contribution in [2.24, 2.45) is 0 Å². The first kappa shape index (κ1) is 24.7. The van der Waals surface area contributed by atoms with Gasteiger partial charge in [-0.15, -0.1) is 0 Å². The van der Waals surface area contributed by atoms with E-state index in [-0.39, 0.29) is 5.75 Å². The minimum Gasteiger partial charge on any atom is -0.334 e. The average Bonchev–Trinajstić information content (AvgIpc) is 3.06. The summed E-state index contributed by atoms with van der Waals surface area (Å²) >= 11 is 3.91. The van der Waals surface area contributed by atoms with Crippen LogP contribution in [0.3, 0.4) is 0 Å². The summed E-state index contributed by atoms with van der Waals surface area (Å²) in [7, 11) is 0.458. The molecule has 1 fully saturated rings. The van der Waals surface area contributed by atoms with Gasteiger partial charge in [-0.2, -0.15) is 0 Å². The van der Waals surface area contributed by atoms with E-state index in [0.29, 0.717) is 24.4 Å². The fraction of sp³-hybridized carbons (Fsp3) is 0.625. The summed E-state index contributed by atoms with van der Waals surface area (Å²) in [6, 6.07) is 5.63. The largest absolute Gasteiger partial charge is 0.334 e. The zero-order valence-corrected chi connectivity index (χ0v) is 22.0. The zero-order valence-electron chi connectivity index (χ0n) is 19.6. The quantitative estimate of drug-likeness (QED) is 0.597. The lowest BCUT2D eigenvalue weighted by Gasteiger charge is -2.23. The molecule has 1 aromatic carbocycles. The van der Waals surface area contributed by atoms with Gasteiger partial charge in [-0.3, -0.25) is 4.79 Å². The molecule has 1 aliphatic heterocycles. The van der Waals surface area contributed by atoms with E-state index in [4.69, 9.17) is 0 Å². The Labute approximate surface area is 205 Å². The van der Waals surface area contributed by atoms with Crippen LogP contribution in [-0.4, -0.2) is 74.7 Å². The minimum atomic E-state index is -3.68. The number of hydrogen-bond acceptors (Lipinski definition) is 5. The van der Waals surface area contributed by atoms with Gasteiger partial charge < -0.3 is 14.4 Å². The van der Waals surface area contributed by atoms with Gasteiger partial charge in [0.15, 0.2) is 0 Å². The maximum atomic E-state index is 12.9. The molecule has 9 heteroatoms. The van der Waals surface area contributed by atoms with Gasteiger partial charge in [0.2, 0.25) is 10.0 Å². The number of fused-ring (bicyclic) bond motifs is 1. The molecule has 1 N–H and O–H groups in total. The van der Waals surface area contributed by atoms with E-state index < -0.39 is 15.9 Å². The highest BCUT2D eigenvalue weighted by molar-refractivity contribution is 9.10. The van der Waals surface area contributed by atoms with Crippen LogP contribution in [0, 0.1) is 0 Å². The minimum absolute atomic E-state index is 0.0606. The number of amides is 1. The maximum absolute atomic E-state index is 12.9. The highest BCUT2D eigenvalue weighted by Gasteiger charge is 2.26. The van der Waals surface area contributed by atoms with Crippen LogP contribution in [0.15, 0.2) is 22.8 Å². The molecule has 0 radical (unpaired) electrons. The predicted octanol–water partition coefficient (Wildman–Crippen LogP) is 3.78. The monoisotopic (exact) mass is 538 g/mol. The molecular formula is C24H35BrN4O3S. The smallest absolute Gasteiger partial charge is 0.264 e. The van der Waals surface area contributed by atoms with Crippen molar-refractivity contribution in [3.05, 3.63) is 33.9 Å². The van der Waals surface area contributed by atoms with Gasteiger partial charge in [0.1, 0.15) is 0 Å². The van der Waals surface area contributed by atoms with E-state index in [1.807, 2.05) is 19.2 Å². The maximum Gasteiger partial charge on any atom is 0.264 e. The molecule has 1 aromatic heterocycles. The molecule has 2 aliphatic rings. The third-order valence-electron chi connectivity index (χ3n) is 7.08. The lowest BCUT2D eigenvalue weighted by Crippen LogP contribution is -2.36. The number of likely N-dealkylation sites (N-methyl/N-ethyl adjacent to an activating group) is 2. The lowest BCUT2D eigenvalue weighted by atomic mass is 9.84. The van der Waals surface area contributed by atoms with Crippen molar-refractivity contribution >= 4 is 42.8 Å². The van der Waals surface area contributed by atoms with Crippen LogP contribution in [0.25, 0.3) is 10.9 Å². The number of rotatable bonds is 1. The van der Waals surface area contributed by atoms with Crippen molar-refractivity contribution in [2.75, 3.05) is 46.0 Å². The molecule has 7 nitrogen and oxygen atoms in total. The Hall–Kier alpha value is -1.42. The number of nitrogens with zero attached hydrogens (tertiary/aromatic N) is 3. The third-order valence-corrected chi connectivity index (χ3v) is 9.26. The molecule has 33 heavy (non-hydrogen) atoms. The van der Waals surface area contributed by atoms with Crippen molar-refractivity contribution in [1.29, 1.82) is 0 Å². The van der Waals surface area contributed by atoms with Crippen LogP contribution >= 0.6 is 15.9 Å². The summed E-state index contributed by atoms with van der Waals surface area (Å²) in [5.74, 6) is -0.107. The van der Waals surface area contributed by atoms with Gasteiger partial charge in [-0.25, -0.2) is 13.1 Å². The molecule has 0 atom stereocenters. The molecule has 0 saturated heterocycles. The van der Waals surface area contributed by atoms with Crippen LogP contribution < -0.4 is 4.72 Å². The second-order valence-corrected chi connectivity index (χ2v) is 12.2. The summed E-state index contributed by atoms with van der Waals surface area (Å²) in [6.07, 6.45) is 6.65.